The van der Waals surface area contributed by atoms with E-state index in [1.54, 1.807) is 42.5 Å². The molecule has 2 aromatic rings. The van der Waals surface area contributed by atoms with E-state index >= 15 is 0 Å². The highest BCUT2D eigenvalue weighted by molar-refractivity contribution is 14.1. The van der Waals surface area contributed by atoms with Crippen LogP contribution in [0.25, 0.3) is 0 Å². The van der Waals surface area contributed by atoms with Gasteiger partial charge in [-0.15, -0.1) is 0 Å². The minimum atomic E-state index is -3.70. The Hall–Kier alpha value is -0.830. The highest BCUT2D eigenvalue weighted by atomic mass is 127. The SMILES string of the molecule is C[C@H]1CCC(c2ccc(Cl)c(Cl)c2)=NN1S(=O)(=O)c1ccc(I)cc1. The zero-order valence-electron chi connectivity index (χ0n) is 13.3. The minimum Gasteiger partial charge on any atom is -0.200 e. The number of sulfonamides is 1. The van der Waals surface area contributed by atoms with Crippen LogP contribution in [0, 0.1) is 3.57 Å². The van der Waals surface area contributed by atoms with Gasteiger partial charge in [0.05, 0.1) is 26.7 Å². The topological polar surface area (TPSA) is 49.7 Å². The molecule has 0 unspecified atom stereocenters. The van der Waals surface area contributed by atoms with E-state index in [9.17, 15) is 8.42 Å². The lowest BCUT2D eigenvalue weighted by atomic mass is 10.0. The summed E-state index contributed by atoms with van der Waals surface area (Å²) in [6.45, 7) is 1.86. The first-order valence-electron chi connectivity index (χ1n) is 7.62. The zero-order valence-corrected chi connectivity index (χ0v) is 17.8. The summed E-state index contributed by atoms with van der Waals surface area (Å²) in [5.41, 5.74) is 1.47. The number of halogens is 3. The molecule has 4 nitrogen and oxygen atoms in total. The molecule has 25 heavy (non-hydrogen) atoms. The summed E-state index contributed by atoms with van der Waals surface area (Å²) in [5, 5.41) is 5.31. The number of hydrogen-bond donors (Lipinski definition) is 0. The Morgan fingerprint density at radius 3 is 2.44 bits per heavy atom. The Labute approximate surface area is 171 Å². The summed E-state index contributed by atoms with van der Waals surface area (Å²) in [7, 11) is -3.70. The molecular formula is C17H15Cl2IN2O2S. The molecule has 0 aliphatic carbocycles. The largest absolute Gasteiger partial charge is 0.279 e. The maximum Gasteiger partial charge on any atom is 0.279 e. The van der Waals surface area contributed by atoms with Crippen LogP contribution in [0.3, 0.4) is 0 Å². The molecule has 0 bridgehead atoms. The molecule has 3 rings (SSSR count). The van der Waals surface area contributed by atoms with Crippen LogP contribution in [0.2, 0.25) is 10.0 Å². The van der Waals surface area contributed by atoms with E-state index in [2.05, 4.69) is 27.7 Å². The monoisotopic (exact) mass is 508 g/mol. The van der Waals surface area contributed by atoms with Crippen molar-refractivity contribution >= 4 is 61.5 Å². The fourth-order valence-electron chi connectivity index (χ4n) is 2.61. The molecule has 0 aromatic heterocycles. The van der Waals surface area contributed by atoms with Crippen LogP contribution in [0.5, 0.6) is 0 Å². The fourth-order valence-corrected chi connectivity index (χ4v) is 4.75. The average molecular weight is 509 g/mol. The van der Waals surface area contributed by atoms with Crippen molar-refractivity contribution in [1.29, 1.82) is 0 Å². The molecule has 0 N–H and O–H groups in total. The molecular weight excluding hydrogens is 494 g/mol. The van der Waals surface area contributed by atoms with Gasteiger partial charge in [0.2, 0.25) is 0 Å². The molecule has 0 spiro atoms. The van der Waals surface area contributed by atoms with Crippen molar-refractivity contribution in [3.05, 3.63) is 61.6 Å². The van der Waals surface area contributed by atoms with E-state index < -0.39 is 10.0 Å². The summed E-state index contributed by atoms with van der Waals surface area (Å²) in [4.78, 5) is 0.235. The van der Waals surface area contributed by atoms with Gasteiger partial charge < -0.3 is 0 Å². The molecule has 0 amide bonds. The second kappa shape index (κ2) is 7.42. The lowest BCUT2D eigenvalue weighted by Crippen LogP contribution is -2.38. The summed E-state index contributed by atoms with van der Waals surface area (Å²) in [6, 6.07) is 11.7. The van der Waals surface area contributed by atoms with Crippen LogP contribution in [0.1, 0.15) is 25.3 Å². The summed E-state index contributed by atoms with van der Waals surface area (Å²) < 4.78 is 28.1. The number of rotatable bonds is 3. The third-order valence-corrected chi connectivity index (χ3v) is 7.27. The quantitative estimate of drug-likeness (QED) is 0.536. The molecule has 0 fully saturated rings. The van der Waals surface area contributed by atoms with E-state index in [4.69, 9.17) is 23.2 Å². The lowest BCUT2D eigenvalue weighted by Gasteiger charge is -2.30. The zero-order chi connectivity index (χ0) is 18.2. The number of hydrazone groups is 1. The molecule has 0 saturated heterocycles. The van der Waals surface area contributed by atoms with E-state index in [0.717, 1.165) is 9.13 Å². The first-order valence-corrected chi connectivity index (χ1v) is 10.9. The van der Waals surface area contributed by atoms with E-state index in [0.29, 0.717) is 28.6 Å². The predicted molar refractivity (Wildman–Crippen MR) is 110 cm³/mol. The first kappa shape index (κ1) is 18.9. The maximum absolute atomic E-state index is 13.0. The molecule has 1 atom stereocenters. The molecule has 8 heteroatoms. The van der Waals surface area contributed by atoms with E-state index in [1.165, 1.54) is 4.41 Å². The number of hydrogen-bond acceptors (Lipinski definition) is 3. The van der Waals surface area contributed by atoms with Gasteiger partial charge >= 0.3 is 0 Å². The van der Waals surface area contributed by atoms with Crippen molar-refractivity contribution < 1.29 is 8.42 Å². The van der Waals surface area contributed by atoms with Crippen molar-refractivity contribution in [3.63, 3.8) is 0 Å². The van der Waals surface area contributed by atoms with Gasteiger partial charge in [0.1, 0.15) is 0 Å². The van der Waals surface area contributed by atoms with Gasteiger partial charge in [0, 0.05) is 3.57 Å². The van der Waals surface area contributed by atoms with Crippen molar-refractivity contribution in [1.82, 2.24) is 4.41 Å². The van der Waals surface area contributed by atoms with Gasteiger partial charge in [-0.2, -0.15) is 17.9 Å². The van der Waals surface area contributed by atoms with Crippen LogP contribution in [-0.4, -0.2) is 24.6 Å². The van der Waals surface area contributed by atoms with Gasteiger partial charge in [-0.25, -0.2) is 0 Å². The normalized spacial score (nSPS) is 18.2. The van der Waals surface area contributed by atoms with Crippen LogP contribution in [0.15, 0.2) is 52.5 Å². The molecule has 0 radical (unpaired) electrons. The third-order valence-electron chi connectivity index (χ3n) is 4.01. The Morgan fingerprint density at radius 2 is 1.80 bits per heavy atom. The second-order valence-corrected chi connectivity index (χ2v) is 9.65. The third kappa shape index (κ3) is 3.97. The average Bonchev–Trinajstić information content (AvgIpc) is 2.58. The van der Waals surface area contributed by atoms with Crippen LogP contribution in [0.4, 0.5) is 0 Å². The van der Waals surface area contributed by atoms with Crippen molar-refractivity contribution in [3.8, 4) is 0 Å². The molecule has 132 valence electrons. The maximum atomic E-state index is 13.0. The summed E-state index contributed by atoms with van der Waals surface area (Å²) in [6.07, 6.45) is 1.36. The van der Waals surface area contributed by atoms with Gasteiger partial charge in [0.25, 0.3) is 10.0 Å². The fraction of sp³-hybridized carbons (Fsp3) is 0.235. The van der Waals surface area contributed by atoms with Gasteiger partial charge in [-0.1, -0.05) is 29.3 Å². The predicted octanol–water partition coefficient (Wildman–Crippen LogP) is 5.18. The van der Waals surface area contributed by atoms with Gasteiger partial charge in [-0.3, -0.25) is 0 Å². The van der Waals surface area contributed by atoms with Crippen molar-refractivity contribution in [2.75, 3.05) is 0 Å². The van der Waals surface area contributed by atoms with Gasteiger partial charge in [0.15, 0.2) is 0 Å². The number of nitrogens with zero attached hydrogens (tertiary/aromatic N) is 2. The van der Waals surface area contributed by atoms with Gasteiger partial charge in [-0.05, 0) is 84.3 Å². The Bertz CT molecular complexity index is 930. The van der Waals surface area contributed by atoms with Crippen molar-refractivity contribution in [2.24, 2.45) is 5.10 Å². The molecule has 1 heterocycles. The summed E-state index contributed by atoms with van der Waals surface area (Å²) in [5.74, 6) is 0. The highest BCUT2D eigenvalue weighted by Crippen LogP contribution is 2.29. The Morgan fingerprint density at radius 1 is 1.12 bits per heavy atom. The summed E-state index contributed by atoms with van der Waals surface area (Å²) >= 11 is 14.2. The van der Waals surface area contributed by atoms with Crippen LogP contribution in [-0.2, 0) is 10.0 Å². The second-order valence-electron chi connectivity index (χ2n) is 5.79. The minimum absolute atomic E-state index is 0.212. The van der Waals surface area contributed by atoms with Crippen LogP contribution >= 0.6 is 45.8 Å². The Balaban J connectivity index is 2.01. The number of benzene rings is 2. The lowest BCUT2D eigenvalue weighted by molar-refractivity contribution is 0.323. The van der Waals surface area contributed by atoms with E-state index in [1.807, 2.05) is 6.92 Å². The van der Waals surface area contributed by atoms with E-state index in [-0.39, 0.29) is 10.9 Å². The Kier molecular flexibility index (Phi) is 5.63. The highest BCUT2D eigenvalue weighted by Gasteiger charge is 2.31. The molecule has 1 aliphatic heterocycles. The van der Waals surface area contributed by atoms with Crippen molar-refractivity contribution in [2.45, 2.75) is 30.7 Å². The molecule has 1 aliphatic rings. The first-order chi connectivity index (χ1) is 11.8. The molecule has 0 saturated carbocycles. The smallest absolute Gasteiger partial charge is 0.200 e. The molecule has 2 aromatic carbocycles. The van der Waals surface area contributed by atoms with Crippen LogP contribution < -0.4 is 0 Å². The standard InChI is InChI=1S/C17H15Cl2IN2O2S/c1-11-2-9-17(12-3-8-15(18)16(19)10-12)21-22(11)25(23,24)14-6-4-13(20)5-7-14/h3-8,10-11H,2,9H2,1H3/t11-/m0/s1.